The van der Waals surface area contributed by atoms with Gasteiger partial charge in [-0.05, 0) is 44.2 Å². The normalized spacial score (nSPS) is 27.4. The summed E-state index contributed by atoms with van der Waals surface area (Å²) in [6.07, 6.45) is 6.00. The number of aryl methyl sites for hydroxylation is 1. The minimum atomic E-state index is 0.0979. The van der Waals surface area contributed by atoms with Gasteiger partial charge in [-0.15, -0.1) is 0 Å². The van der Waals surface area contributed by atoms with Crippen LogP contribution < -0.4 is 4.74 Å². The van der Waals surface area contributed by atoms with Gasteiger partial charge in [0.2, 0.25) is 0 Å². The Labute approximate surface area is 138 Å². The van der Waals surface area contributed by atoms with Crippen molar-refractivity contribution >= 4 is 5.91 Å². The molecule has 1 aliphatic heterocycles. The fourth-order valence-electron chi connectivity index (χ4n) is 4.52. The molecule has 1 saturated heterocycles. The number of hydrogen-bond acceptors (Lipinski definition) is 3. The van der Waals surface area contributed by atoms with Crippen LogP contribution in [0.15, 0.2) is 18.2 Å². The number of likely N-dealkylation sites (tertiary alicyclic amines) is 1. The van der Waals surface area contributed by atoms with Crippen molar-refractivity contribution in [3.63, 3.8) is 0 Å². The van der Waals surface area contributed by atoms with Crippen molar-refractivity contribution in [3.05, 3.63) is 29.3 Å². The molecule has 0 unspecified atom stereocenters. The van der Waals surface area contributed by atoms with Gasteiger partial charge in [0, 0.05) is 25.6 Å². The van der Waals surface area contributed by atoms with Gasteiger partial charge >= 0.3 is 0 Å². The van der Waals surface area contributed by atoms with Crippen molar-refractivity contribution in [2.75, 3.05) is 27.3 Å². The van der Waals surface area contributed by atoms with Gasteiger partial charge in [0.15, 0.2) is 0 Å². The summed E-state index contributed by atoms with van der Waals surface area (Å²) in [5, 5.41) is 0. The molecule has 0 bridgehead atoms. The first-order valence-electron chi connectivity index (χ1n) is 8.57. The van der Waals surface area contributed by atoms with Crippen molar-refractivity contribution in [2.45, 2.75) is 45.1 Å². The first-order valence-corrected chi connectivity index (χ1v) is 8.57. The molecule has 1 aromatic rings. The Morgan fingerprint density at radius 3 is 2.78 bits per heavy atom. The fourth-order valence-corrected chi connectivity index (χ4v) is 4.52. The Morgan fingerprint density at radius 2 is 2.04 bits per heavy atom. The van der Waals surface area contributed by atoms with Gasteiger partial charge in [-0.2, -0.15) is 0 Å². The molecule has 1 heterocycles. The number of ether oxygens (including phenoxy) is 2. The zero-order chi connectivity index (χ0) is 16.4. The molecule has 3 rings (SSSR count). The maximum absolute atomic E-state index is 13.1. The molecule has 2 fully saturated rings. The highest BCUT2D eigenvalue weighted by molar-refractivity contribution is 5.98. The Bertz CT molecular complexity index is 586. The Morgan fingerprint density at radius 1 is 1.26 bits per heavy atom. The van der Waals surface area contributed by atoms with Crippen LogP contribution in [0.2, 0.25) is 0 Å². The number of benzene rings is 1. The number of nitrogens with zero attached hydrogens (tertiary/aromatic N) is 1. The lowest BCUT2D eigenvalue weighted by molar-refractivity contribution is -0.0296. The maximum atomic E-state index is 13.1. The van der Waals surface area contributed by atoms with Crippen molar-refractivity contribution in [3.8, 4) is 5.75 Å². The number of methoxy groups -OCH3 is 2. The van der Waals surface area contributed by atoms with E-state index in [1.807, 2.05) is 37.1 Å². The monoisotopic (exact) mass is 317 g/mol. The lowest BCUT2D eigenvalue weighted by Gasteiger charge is -2.43. The molecular weight excluding hydrogens is 290 g/mol. The largest absolute Gasteiger partial charge is 0.496 e. The Hall–Kier alpha value is -1.55. The minimum Gasteiger partial charge on any atom is -0.496 e. The van der Waals surface area contributed by atoms with Crippen LogP contribution in [0.1, 0.15) is 48.0 Å². The number of amides is 1. The molecule has 0 radical (unpaired) electrons. The number of carbonyl (C=O) groups excluding carboxylic acids is 1. The predicted molar refractivity (Wildman–Crippen MR) is 89.9 cm³/mol. The van der Waals surface area contributed by atoms with Gasteiger partial charge in [0.05, 0.1) is 18.8 Å². The van der Waals surface area contributed by atoms with Gasteiger partial charge in [-0.3, -0.25) is 4.79 Å². The Kier molecular flexibility index (Phi) is 4.62. The van der Waals surface area contributed by atoms with Crippen molar-refractivity contribution in [1.29, 1.82) is 0 Å². The topological polar surface area (TPSA) is 38.8 Å². The molecule has 1 aromatic carbocycles. The van der Waals surface area contributed by atoms with Crippen LogP contribution in [0.3, 0.4) is 0 Å². The first kappa shape index (κ1) is 16.3. The quantitative estimate of drug-likeness (QED) is 0.857. The number of carbonyl (C=O) groups is 1. The molecule has 126 valence electrons. The van der Waals surface area contributed by atoms with Crippen LogP contribution in [0.25, 0.3) is 0 Å². The molecule has 4 heteroatoms. The van der Waals surface area contributed by atoms with Crippen LogP contribution in [0, 0.1) is 12.3 Å². The highest BCUT2D eigenvalue weighted by Gasteiger charge is 2.46. The van der Waals surface area contributed by atoms with E-state index in [4.69, 9.17) is 9.47 Å². The molecule has 2 aliphatic rings. The molecular formula is C19H27NO3. The Balaban J connectivity index is 1.86. The standard InChI is InChI=1S/C19H27NO3/c1-14-7-4-8-15(22-2)17(14)18(21)20-12-6-11-19(13-20)10-5-9-16(19)23-3/h4,7-8,16H,5-6,9-13H2,1-3H3/t16-,19-/m1/s1. The second kappa shape index (κ2) is 6.52. The zero-order valence-corrected chi connectivity index (χ0v) is 14.4. The average Bonchev–Trinajstić information content (AvgIpc) is 2.95. The fraction of sp³-hybridized carbons (Fsp3) is 0.632. The zero-order valence-electron chi connectivity index (χ0n) is 14.4. The van der Waals surface area contributed by atoms with E-state index < -0.39 is 0 Å². The molecule has 0 N–H and O–H groups in total. The van der Waals surface area contributed by atoms with Crippen LogP contribution in [-0.2, 0) is 4.74 Å². The van der Waals surface area contributed by atoms with E-state index >= 15 is 0 Å². The molecule has 1 amide bonds. The summed E-state index contributed by atoms with van der Waals surface area (Å²) in [7, 11) is 3.43. The van der Waals surface area contributed by atoms with E-state index in [9.17, 15) is 4.79 Å². The molecule has 1 spiro atoms. The molecule has 0 aromatic heterocycles. The van der Waals surface area contributed by atoms with E-state index in [0.717, 1.165) is 31.5 Å². The highest BCUT2D eigenvalue weighted by Crippen LogP contribution is 2.46. The lowest BCUT2D eigenvalue weighted by Crippen LogP contribution is -2.50. The van der Waals surface area contributed by atoms with Gasteiger partial charge in [-0.25, -0.2) is 0 Å². The summed E-state index contributed by atoms with van der Waals surface area (Å²) in [5.41, 5.74) is 1.83. The third kappa shape index (κ3) is 2.85. The lowest BCUT2D eigenvalue weighted by atomic mass is 9.76. The van der Waals surface area contributed by atoms with Gasteiger partial charge in [-0.1, -0.05) is 18.6 Å². The van der Waals surface area contributed by atoms with Gasteiger partial charge < -0.3 is 14.4 Å². The maximum Gasteiger partial charge on any atom is 0.257 e. The average molecular weight is 317 g/mol. The SMILES string of the molecule is COc1cccc(C)c1C(=O)N1CCC[C@]2(CCC[C@H]2OC)C1. The van der Waals surface area contributed by atoms with Crippen molar-refractivity contribution in [2.24, 2.45) is 5.41 Å². The van der Waals surface area contributed by atoms with E-state index in [1.165, 1.54) is 19.3 Å². The summed E-state index contributed by atoms with van der Waals surface area (Å²) in [6, 6.07) is 5.77. The molecule has 1 aliphatic carbocycles. The predicted octanol–water partition coefficient (Wildman–Crippen LogP) is 3.42. The second-order valence-corrected chi connectivity index (χ2v) is 6.96. The van der Waals surface area contributed by atoms with Crippen LogP contribution in [0.5, 0.6) is 5.75 Å². The number of hydrogen-bond donors (Lipinski definition) is 0. The highest BCUT2D eigenvalue weighted by atomic mass is 16.5. The molecule has 1 saturated carbocycles. The molecule has 4 nitrogen and oxygen atoms in total. The van der Waals surface area contributed by atoms with Crippen molar-refractivity contribution in [1.82, 2.24) is 4.90 Å². The van der Waals surface area contributed by atoms with Gasteiger partial charge in [0.25, 0.3) is 5.91 Å². The van der Waals surface area contributed by atoms with E-state index in [1.54, 1.807) is 7.11 Å². The van der Waals surface area contributed by atoms with Crippen LogP contribution in [0.4, 0.5) is 0 Å². The van der Waals surface area contributed by atoms with E-state index in [0.29, 0.717) is 11.3 Å². The summed E-state index contributed by atoms with van der Waals surface area (Å²) in [6.45, 7) is 3.61. The first-order chi connectivity index (χ1) is 11.1. The van der Waals surface area contributed by atoms with Gasteiger partial charge in [0.1, 0.15) is 5.75 Å². The van der Waals surface area contributed by atoms with Crippen molar-refractivity contribution < 1.29 is 14.3 Å². The second-order valence-electron chi connectivity index (χ2n) is 6.96. The molecule has 23 heavy (non-hydrogen) atoms. The number of piperidine rings is 1. The third-order valence-corrected chi connectivity index (χ3v) is 5.67. The summed E-state index contributed by atoms with van der Waals surface area (Å²) >= 11 is 0. The van der Waals surface area contributed by atoms with E-state index in [2.05, 4.69) is 0 Å². The third-order valence-electron chi connectivity index (χ3n) is 5.67. The van der Waals surface area contributed by atoms with Crippen LogP contribution >= 0.6 is 0 Å². The molecule has 2 atom stereocenters. The summed E-state index contributed by atoms with van der Waals surface area (Å²) in [4.78, 5) is 15.2. The van der Waals surface area contributed by atoms with Crippen LogP contribution in [-0.4, -0.2) is 44.2 Å². The summed E-state index contributed by atoms with van der Waals surface area (Å²) in [5.74, 6) is 0.769. The number of rotatable bonds is 3. The van der Waals surface area contributed by atoms with E-state index in [-0.39, 0.29) is 17.4 Å². The minimum absolute atomic E-state index is 0.0979. The smallest absolute Gasteiger partial charge is 0.257 e. The summed E-state index contributed by atoms with van der Waals surface area (Å²) < 4.78 is 11.2.